The molecule has 3 heterocycles. The highest BCUT2D eigenvalue weighted by Gasteiger charge is 2.37. The number of furan rings is 2. The maximum Gasteiger partial charge on any atom is 0.164 e. The smallest absolute Gasteiger partial charge is 0.164 e. The Morgan fingerprint density at radius 1 is 0.347 bits per heavy atom. The van der Waals surface area contributed by atoms with Crippen LogP contribution in [-0.4, -0.2) is 15.0 Å². The van der Waals surface area contributed by atoms with Crippen molar-refractivity contribution in [2.45, 2.75) is 19.3 Å². The normalized spacial score (nSPS) is 12.7. The second-order valence-electron chi connectivity index (χ2n) is 19.1. The largest absolute Gasteiger partial charge is 0.456 e. The Hall–Kier alpha value is -9.39. The molecule has 13 aromatic rings. The third kappa shape index (κ3) is 6.68. The molecule has 0 atom stereocenters. The zero-order chi connectivity index (χ0) is 47.9. The van der Waals surface area contributed by atoms with E-state index in [2.05, 4.69) is 176 Å². The summed E-state index contributed by atoms with van der Waals surface area (Å²) in [5.74, 6) is 1.71. The maximum atomic E-state index is 6.60. The number of para-hydroxylation sites is 1. The number of rotatable bonds is 8. The Bertz CT molecular complexity index is 4230. The van der Waals surface area contributed by atoms with Crippen LogP contribution in [0.5, 0.6) is 0 Å². The monoisotopic (exact) mass is 924 g/mol. The van der Waals surface area contributed by atoms with Crippen LogP contribution < -0.4 is 4.90 Å². The van der Waals surface area contributed by atoms with Crippen molar-refractivity contribution in [3.63, 3.8) is 0 Å². The summed E-state index contributed by atoms with van der Waals surface area (Å²) in [6.45, 7) is 4.68. The summed E-state index contributed by atoms with van der Waals surface area (Å²) in [4.78, 5) is 18.0. The standard InChI is InChI=1S/C66H44N4O2/c1-66(2)53-24-11-9-20-48(53)62-54(66)25-15-26-55(62)70(46-35-30-42(31-36-46)41-16-5-3-6-17-41)47-37-32-43(33-38-47)45-34-39-57-52(40-45)61-51(23-14-29-59(61)72-57)65-68-63(44-18-7-4-8-19-44)67-64(69-65)50-22-13-28-58-60(50)49-21-10-12-27-56(49)71-58/h3-40H,1-2H3. The van der Waals surface area contributed by atoms with Gasteiger partial charge in [-0.1, -0.05) is 184 Å². The van der Waals surface area contributed by atoms with Gasteiger partial charge in [0.1, 0.15) is 22.3 Å². The molecule has 0 amide bonds. The molecule has 0 bridgehead atoms. The Morgan fingerprint density at radius 2 is 0.819 bits per heavy atom. The third-order valence-corrected chi connectivity index (χ3v) is 14.6. The van der Waals surface area contributed by atoms with Crippen LogP contribution in [0.4, 0.5) is 17.1 Å². The number of aromatic nitrogens is 3. The maximum absolute atomic E-state index is 6.60. The van der Waals surface area contributed by atoms with E-state index in [0.717, 1.165) is 88.8 Å². The van der Waals surface area contributed by atoms with Crippen molar-refractivity contribution in [3.05, 3.63) is 242 Å². The minimum atomic E-state index is -0.134. The first kappa shape index (κ1) is 41.6. The molecule has 0 spiro atoms. The minimum Gasteiger partial charge on any atom is -0.456 e. The van der Waals surface area contributed by atoms with Gasteiger partial charge in [0.25, 0.3) is 0 Å². The Balaban J connectivity index is 0.893. The fourth-order valence-corrected chi connectivity index (χ4v) is 11.1. The van der Waals surface area contributed by atoms with E-state index in [4.69, 9.17) is 23.8 Å². The zero-order valence-electron chi connectivity index (χ0n) is 39.5. The molecule has 14 rings (SSSR count). The first-order valence-corrected chi connectivity index (χ1v) is 24.4. The van der Waals surface area contributed by atoms with Gasteiger partial charge in [-0.2, -0.15) is 0 Å². The van der Waals surface area contributed by atoms with Gasteiger partial charge in [-0.25, -0.2) is 15.0 Å². The van der Waals surface area contributed by atoms with E-state index in [1.165, 1.54) is 33.4 Å². The summed E-state index contributed by atoms with van der Waals surface area (Å²) < 4.78 is 12.9. The lowest BCUT2D eigenvalue weighted by Crippen LogP contribution is -2.16. The summed E-state index contributed by atoms with van der Waals surface area (Å²) in [6, 6.07) is 81.0. The fraction of sp³-hybridized carbons (Fsp3) is 0.0455. The molecular weight excluding hydrogens is 881 g/mol. The van der Waals surface area contributed by atoms with E-state index >= 15 is 0 Å². The second-order valence-corrected chi connectivity index (χ2v) is 19.1. The summed E-state index contributed by atoms with van der Waals surface area (Å²) in [5, 5.41) is 3.91. The topological polar surface area (TPSA) is 68.2 Å². The molecule has 0 radical (unpaired) electrons. The molecular formula is C66H44N4O2. The number of hydrogen-bond donors (Lipinski definition) is 0. The van der Waals surface area contributed by atoms with Gasteiger partial charge in [-0.15, -0.1) is 0 Å². The van der Waals surface area contributed by atoms with Gasteiger partial charge in [0.15, 0.2) is 17.5 Å². The van der Waals surface area contributed by atoms with Gasteiger partial charge in [-0.3, -0.25) is 0 Å². The molecule has 10 aromatic carbocycles. The summed E-state index contributed by atoms with van der Waals surface area (Å²) in [7, 11) is 0. The number of fused-ring (bicyclic) bond motifs is 9. The zero-order valence-corrected chi connectivity index (χ0v) is 39.5. The van der Waals surface area contributed by atoms with Gasteiger partial charge in [-0.05, 0) is 99.6 Å². The number of benzene rings is 10. The van der Waals surface area contributed by atoms with Crippen LogP contribution >= 0.6 is 0 Å². The lowest BCUT2D eigenvalue weighted by atomic mass is 9.82. The van der Waals surface area contributed by atoms with Crippen molar-refractivity contribution in [1.82, 2.24) is 15.0 Å². The third-order valence-electron chi connectivity index (χ3n) is 14.6. The van der Waals surface area contributed by atoms with E-state index in [-0.39, 0.29) is 5.41 Å². The van der Waals surface area contributed by atoms with Crippen molar-refractivity contribution in [2.24, 2.45) is 0 Å². The highest BCUT2D eigenvalue weighted by atomic mass is 16.3. The molecule has 6 nitrogen and oxygen atoms in total. The number of nitrogens with zero attached hydrogens (tertiary/aromatic N) is 4. The van der Waals surface area contributed by atoms with Crippen LogP contribution in [0, 0.1) is 0 Å². The molecule has 0 N–H and O–H groups in total. The predicted molar refractivity (Wildman–Crippen MR) is 294 cm³/mol. The SMILES string of the molecule is CC1(C)c2ccccc2-c2c(N(c3ccc(-c4ccccc4)cc3)c3ccc(-c4ccc5oc6cccc(-c7nc(-c8ccccc8)nc(-c8cccc9oc%10ccccc%10c89)n7)c6c5c4)cc3)cccc21. The first-order chi connectivity index (χ1) is 35.4. The fourth-order valence-electron chi connectivity index (χ4n) is 11.1. The van der Waals surface area contributed by atoms with Crippen LogP contribution in [0.25, 0.3) is 111 Å². The molecule has 0 fully saturated rings. The Morgan fingerprint density at radius 3 is 1.50 bits per heavy atom. The highest BCUT2D eigenvalue weighted by Crippen LogP contribution is 2.54. The van der Waals surface area contributed by atoms with Crippen molar-refractivity contribution in [1.29, 1.82) is 0 Å². The van der Waals surface area contributed by atoms with E-state index in [1.807, 2.05) is 72.8 Å². The summed E-state index contributed by atoms with van der Waals surface area (Å²) in [6.07, 6.45) is 0. The Kier molecular flexibility index (Phi) is 9.45. The molecule has 0 aliphatic heterocycles. The number of hydrogen-bond acceptors (Lipinski definition) is 6. The molecule has 0 saturated carbocycles. The minimum absolute atomic E-state index is 0.134. The van der Waals surface area contributed by atoms with Crippen LogP contribution in [0.3, 0.4) is 0 Å². The van der Waals surface area contributed by atoms with Crippen LogP contribution in [0.15, 0.2) is 239 Å². The van der Waals surface area contributed by atoms with E-state index in [1.54, 1.807) is 0 Å². The average Bonchev–Trinajstić information content (AvgIpc) is 4.09. The lowest BCUT2D eigenvalue weighted by Gasteiger charge is -2.29. The first-order valence-electron chi connectivity index (χ1n) is 24.4. The van der Waals surface area contributed by atoms with E-state index in [0.29, 0.717) is 17.5 Å². The quantitative estimate of drug-likeness (QED) is 0.151. The van der Waals surface area contributed by atoms with Crippen molar-refractivity contribution < 1.29 is 8.83 Å². The van der Waals surface area contributed by atoms with Crippen molar-refractivity contribution in [3.8, 4) is 67.5 Å². The van der Waals surface area contributed by atoms with Gasteiger partial charge >= 0.3 is 0 Å². The van der Waals surface area contributed by atoms with Gasteiger partial charge in [0, 0.05) is 60.6 Å². The molecule has 6 heteroatoms. The highest BCUT2D eigenvalue weighted by molar-refractivity contribution is 6.14. The van der Waals surface area contributed by atoms with Crippen LogP contribution in [0.1, 0.15) is 25.0 Å². The molecule has 1 aliphatic rings. The van der Waals surface area contributed by atoms with E-state index in [9.17, 15) is 0 Å². The van der Waals surface area contributed by atoms with Crippen LogP contribution in [0.2, 0.25) is 0 Å². The average molecular weight is 925 g/mol. The predicted octanol–water partition coefficient (Wildman–Crippen LogP) is 17.8. The van der Waals surface area contributed by atoms with Crippen molar-refractivity contribution >= 4 is 60.9 Å². The van der Waals surface area contributed by atoms with Crippen molar-refractivity contribution in [2.75, 3.05) is 4.90 Å². The lowest BCUT2D eigenvalue weighted by molar-refractivity contribution is 0.660. The second kappa shape index (κ2) is 16.4. The molecule has 0 saturated heterocycles. The summed E-state index contributed by atoms with van der Waals surface area (Å²) >= 11 is 0. The molecule has 1 aliphatic carbocycles. The van der Waals surface area contributed by atoms with Gasteiger partial charge in [0.2, 0.25) is 0 Å². The molecule has 0 unspecified atom stereocenters. The molecule has 340 valence electrons. The number of anilines is 3. The van der Waals surface area contributed by atoms with Gasteiger partial charge < -0.3 is 13.7 Å². The van der Waals surface area contributed by atoms with E-state index < -0.39 is 0 Å². The summed E-state index contributed by atoms with van der Waals surface area (Å²) in [5.41, 5.74) is 18.7. The van der Waals surface area contributed by atoms with Gasteiger partial charge in [0.05, 0.1) is 5.69 Å². The molecule has 3 aromatic heterocycles. The molecule has 72 heavy (non-hydrogen) atoms. The Labute approximate surface area is 416 Å². The van der Waals surface area contributed by atoms with Crippen LogP contribution in [-0.2, 0) is 5.41 Å².